The highest BCUT2D eigenvalue weighted by Crippen LogP contribution is 2.63. The Bertz CT molecular complexity index is 4320. The van der Waals surface area contributed by atoms with Crippen molar-refractivity contribution in [2.45, 2.75) is 181 Å². The first kappa shape index (κ1) is 96.8. The van der Waals surface area contributed by atoms with Crippen molar-refractivity contribution in [3.8, 4) is 0 Å². The van der Waals surface area contributed by atoms with E-state index < -0.39 is 180 Å². The Balaban J connectivity index is 0.722. The minimum atomic E-state index is -5.65. The van der Waals surface area contributed by atoms with Gasteiger partial charge in [-0.2, -0.15) is 8.62 Å². The van der Waals surface area contributed by atoms with E-state index in [1.165, 1.54) is 27.7 Å². The number of amides is 4. The molecule has 116 heavy (non-hydrogen) atoms. The minimum absolute atomic E-state index is 0.0000730. The van der Waals surface area contributed by atoms with Crippen molar-refractivity contribution in [2.75, 3.05) is 64.1 Å². The Kier molecular flexibility index (Phi) is 33.3. The molecule has 5 aromatic rings. The van der Waals surface area contributed by atoms with Crippen molar-refractivity contribution >= 4 is 116 Å². The number of rotatable bonds is 48. The third kappa shape index (κ3) is 28.4. The second kappa shape index (κ2) is 39.9. The second-order valence-electron chi connectivity index (χ2n) is 29.8. The van der Waals surface area contributed by atoms with E-state index in [4.69, 9.17) is 39.0 Å². The fourth-order valence-electron chi connectivity index (χ4n) is 11.9. The van der Waals surface area contributed by atoms with Gasteiger partial charge in [0, 0.05) is 73.5 Å². The van der Waals surface area contributed by atoms with Gasteiger partial charge in [0.05, 0.1) is 39.1 Å². The van der Waals surface area contributed by atoms with E-state index in [2.05, 4.69) is 74.9 Å². The number of phosphoric ester groups is 6. The maximum atomic E-state index is 13.3. The third-order valence-electron chi connectivity index (χ3n) is 18.5. The Morgan fingerprint density at radius 1 is 0.509 bits per heavy atom. The van der Waals surface area contributed by atoms with Crippen LogP contribution >= 0.6 is 46.9 Å². The number of aliphatic hydroxyl groups is 4. The molecule has 2 fully saturated rings. The van der Waals surface area contributed by atoms with Crippen molar-refractivity contribution in [3.63, 3.8) is 0 Å². The maximum Gasteiger partial charge on any atom is 0.481 e. The van der Waals surface area contributed by atoms with Crippen LogP contribution in [-0.2, 0) is 114 Å². The number of hydrogen-bond donors (Lipinski definition) is 18. The summed E-state index contributed by atoms with van der Waals surface area (Å²) in [6.07, 6.45) is -11.0. The fraction of sp³-hybridized carbons (Fsp3) is 0.645. The van der Waals surface area contributed by atoms with Crippen LogP contribution in [0.1, 0.15) is 130 Å². The zero-order valence-electron chi connectivity index (χ0n) is 63.9. The summed E-state index contributed by atoms with van der Waals surface area (Å²) in [6.45, 7) is 7.21. The average molecular weight is 1770 g/mol. The zero-order valence-corrected chi connectivity index (χ0v) is 69.3. The average Bonchev–Trinajstić information content (AvgIpc) is 1.62. The Labute approximate surface area is 662 Å². The standard InChI is InChI=1S/C62H98N14O34P6/c1-59(2,39(77)16-22-65-41(79)18-24-67-55(85)49(83)61(5,6)29-103-115(97,98)109-113(93,94)101-27-37-47(107-111(87,88)89)45(81)57(105-37)75-33-73-43-51(63)69-31-71-53(43)75)20-10-14-35-12-9-13-36(26-35)15-11-21-60(3,4)40(78)17-23-66-42(80)19-25-68-56(86)50(84)62(7,8)30-104-116(99,100)110-114(95,96)102-28-38-48(108-112(90,91)92)46(82)58(106-38)76-34-74-44-52(64)70-32-72-54(44)76/h9,12-13,26,31-34,37-38,45-50,57-58,81-84H,10-11,14-25,27-30H2,1-8H3,(H,65,79)(H,66,80)(H,67,85)(H,68,86)(H,93,94)(H,95,96)(H,97,98)(H,99,100)(H2,63,69,71)(H2,64,70,72)(H2,87,88,89)(H2,90,91,92). The third-order valence-corrected chi connectivity index (χ3v) is 24.7. The van der Waals surface area contributed by atoms with E-state index in [9.17, 15) is 116 Å². The van der Waals surface area contributed by atoms with E-state index in [0.29, 0.717) is 38.5 Å². The highest BCUT2D eigenvalue weighted by atomic mass is 31.3. The van der Waals surface area contributed by atoms with Crippen LogP contribution in [0.15, 0.2) is 49.6 Å². The number of phosphoric acid groups is 6. The molecule has 650 valence electrons. The number of nitrogens with one attached hydrogen (secondary N) is 4. The van der Waals surface area contributed by atoms with Gasteiger partial charge in [0.25, 0.3) is 0 Å². The van der Waals surface area contributed by atoms with Crippen LogP contribution in [0.4, 0.5) is 11.6 Å². The molecule has 48 nitrogen and oxygen atoms in total. The molecular weight excluding hydrogens is 1670 g/mol. The van der Waals surface area contributed by atoms with Crippen molar-refractivity contribution in [3.05, 3.63) is 60.7 Å². The monoisotopic (exact) mass is 1770 g/mol. The molecule has 0 bridgehead atoms. The number of aryl methyl sites for hydroxylation is 2. The molecular formula is C62H98N14O34P6. The highest BCUT2D eigenvalue weighted by molar-refractivity contribution is 7.61. The fourth-order valence-corrected chi connectivity index (χ4v) is 17.5. The summed E-state index contributed by atoms with van der Waals surface area (Å²) in [4.78, 5) is 181. The normalized spacial score (nSPS) is 21.8. The van der Waals surface area contributed by atoms with Crippen molar-refractivity contribution in [1.29, 1.82) is 0 Å². The van der Waals surface area contributed by atoms with Gasteiger partial charge < -0.3 is 102 Å². The molecule has 0 radical (unpaired) electrons. The van der Waals surface area contributed by atoms with Crippen LogP contribution in [0.25, 0.3) is 22.3 Å². The SMILES string of the molecule is CC(C)(CCCc1cccc(CCCC(C)(C)C(=O)CCNC(=O)CCNC(=O)C(O)C(C)(C)COP(=O)(O)OP(=O)(O)OCC2OC(n3cnc4c(N)ncnc43)C(O)C2OP(=O)(O)O)c1)C(=O)CCNC(=O)CCNC(=O)C(O)C(C)(C)COP(=O)(O)OP(=O)(O)OCC1OC(n2cnc3c(N)ncnc32)C(O)C1OP(=O)(O)O. The minimum Gasteiger partial charge on any atom is -0.386 e. The number of anilines is 2. The van der Waals surface area contributed by atoms with E-state index in [-0.39, 0.29) is 97.4 Å². The number of fused-ring (bicyclic) bond motifs is 2. The molecule has 14 atom stereocenters. The summed E-state index contributed by atoms with van der Waals surface area (Å²) in [5, 5.41) is 53.6. The molecule has 0 aliphatic carbocycles. The van der Waals surface area contributed by atoms with Gasteiger partial charge in [0.2, 0.25) is 23.6 Å². The molecule has 2 saturated heterocycles. The van der Waals surface area contributed by atoms with Crippen molar-refractivity contribution in [2.24, 2.45) is 21.7 Å². The lowest BCUT2D eigenvalue weighted by Gasteiger charge is -2.30. The van der Waals surface area contributed by atoms with Crippen LogP contribution in [0.5, 0.6) is 0 Å². The number of Topliss-reactive ketones (excluding diaryl/α,β-unsaturated/α-hetero) is 2. The summed E-state index contributed by atoms with van der Waals surface area (Å²) in [5.41, 5.74) is 8.86. The molecule has 4 amide bonds. The molecule has 54 heteroatoms. The number of aliphatic hydroxyl groups excluding tert-OH is 4. The summed E-state index contributed by atoms with van der Waals surface area (Å²) in [5.74, 6) is -3.54. The van der Waals surface area contributed by atoms with E-state index >= 15 is 0 Å². The lowest BCUT2D eigenvalue weighted by atomic mass is 9.80. The molecule has 6 heterocycles. The van der Waals surface area contributed by atoms with Gasteiger partial charge in [-0.05, 0) is 49.7 Å². The van der Waals surface area contributed by atoms with E-state index in [0.717, 1.165) is 45.6 Å². The van der Waals surface area contributed by atoms with Gasteiger partial charge >= 0.3 is 46.9 Å². The molecule has 0 saturated carbocycles. The van der Waals surface area contributed by atoms with Gasteiger partial charge in [-0.25, -0.2) is 57.3 Å². The highest BCUT2D eigenvalue weighted by Gasteiger charge is 2.53. The predicted octanol–water partition coefficient (Wildman–Crippen LogP) is 1.14. The molecule has 0 spiro atoms. The van der Waals surface area contributed by atoms with Gasteiger partial charge in [0.1, 0.15) is 84.1 Å². The van der Waals surface area contributed by atoms with Gasteiger partial charge in [-0.3, -0.25) is 65.0 Å². The first-order chi connectivity index (χ1) is 53.6. The maximum absolute atomic E-state index is 13.3. The van der Waals surface area contributed by atoms with Gasteiger partial charge in [0.15, 0.2) is 35.4 Å². The predicted molar refractivity (Wildman–Crippen MR) is 398 cm³/mol. The first-order valence-corrected chi connectivity index (χ1v) is 44.6. The van der Waals surface area contributed by atoms with E-state index in [1.807, 2.05) is 18.2 Å². The number of imidazole rings is 2. The number of nitrogen functional groups attached to an aromatic ring is 2. The lowest BCUT2D eigenvalue weighted by Crippen LogP contribution is -2.46. The van der Waals surface area contributed by atoms with Gasteiger partial charge in [-0.15, -0.1) is 0 Å². The van der Waals surface area contributed by atoms with Crippen LogP contribution in [0, 0.1) is 21.7 Å². The molecule has 20 N–H and O–H groups in total. The molecule has 1 aromatic carbocycles. The van der Waals surface area contributed by atoms with Crippen LogP contribution < -0.4 is 32.7 Å². The summed E-state index contributed by atoms with van der Waals surface area (Å²) >= 11 is 0. The Morgan fingerprint density at radius 2 is 0.853 bits per heavy atom. The number of hydrogen-bond acceptors (Lipinski definition) is 34. The van der Waals surface area contributed by atoms with E-state index in [1.54, 1.807) is 27.7 Å². The molecule has 4 aromatic heterocycles. The summed E-state index contributed by atoms with van der Waals surface area (Å²) in [7, 11) is -33.3. The number of carbonyl (C=O) groups excluding carboxylic acids is 6. The van der Waals surface area contributed by atoms with Crippen LogP contribution in [-0.4, -0.2) is 235 Å². The number of ketones is 2. The van der Waals surface area contributed by atoms with Crippen LogP contribution in [0.3, 0.4) is 0 Å². The molecule has 7 rings (SSSR count). The molecule has 2 aliphatic rings. The number of ether oxygens (including phenoxy) is 2. The number of nitrogens with zero attached hydrogens (tertiary/aromatic N) is 8. The van der Waals surface area contributed by atoms with Crippen molar-refractivity contribution < 1.29 is 161 Å². The second-order valence-corrected chi connectivity index (χ2v) is 38.3. The smallest absolute Gasteiger partial charge is 0.386 e. The first-order valence-electron chi connectivity index (χ1n) is 35.5. The number of aromatic nitrogens is 8. The number of benzene rings is 1. The Hall–Kier alpha value is -6.36. The van der Waals surface area contributed by atoms with Crippen molar-refractivity contribution in [1.82, 2.24) is 60.3 Å². The lowest BCUT2D eigenvalue weighted by molar-refractivity contribution is -0.137. The molecule has 14 unspecified atom stereocenters. The summed E-state index contributed by atoms with van der Waals surface area (Å²) in [6, 6.07) is 7.93. The largest absolute Gasteiger partial charge is 0.481 e. The van der Waals surface area contributed by atoms with Gasteiger partial charge in [-0.1, -0.05) is 79.7 Å². The molecule has 2 aliphatic heterocycles. The number of nitrogens with two attached hydrogens (primary N) is 2. The quantitative estimate of drug-likeness (QED) is 0.0243. The number of carbonyl (C=O) groups is 6. The Morgan fingerprint density at radius 3 is 1.21 bits per heavy atom. The summed E-state index contributed by atoms with van der Waals surface area (Å²) < 4.78 is 126. The van der Waals surface area contributed by atoms with Crippen LogP contribution in [0.2, 0.25) is 0 Å². The topological polar surface area (TPSA) is 727 Å². The zero-order chi connectivity index (χ0) is 86.5.